The number of likely N-dealkylation sites (tertiary alicyclic amines) is 2. The van der Waals surface area contributed by atoms with Crippen molar-refractivity contribution in [3.05, 3.63) is 17.0 Å². The van der Waals surface area contributed by atoms with E-state index in [1.165, 1.54) is 43.6 Å². The molecule has 3 aliphatic rings. The van der Waals surface area contributed by atoms with Crippen molar-refractivity contribution >= 4 is 5.91 Å². The average Bonchev–Trinajstić information content (AvgIpc) is 3.36. The Bertz CT molecular complexity index is 643. The van der Waals surface area contributed by atoms with Crippen LogP contribution in [0.1, 0.15) is 67.2 Å². The highest BCUT2D eigenvalue weighted by Crippen LogP contribution is 2.27. The first-order valence-electron chi connectivity index (χ1n) is 11.1. The van der Waals surface area contributed by atoms with Gasteiger partial charge in [0.05, 0.1) is 0 Å². The third kappa shape index (κ3) is 4.21. The van der Waals surface area contributed by atoms with E-state index < -0.39 is 0 Å². The van der Waals surface area contributed by atoms with Gasteiger partial charge in [0.1, 0.15) is 0 Å². The van der Waals surface area contributed by atoms with Gasteiger partial charge in [-0.25, -0.2) is 0 Å². The molecule has 0 aromatic carbocycles. The minimum atomic E-state index is 0.157. The van der Waals surface area contributed by atoms with Gasteiger partial charge in [0.2, 0.25) is 0 Å². The molecule has 0 saturated carbocycles. The van der Waals surface area contributed by atoms with E-state index in [0.29, 0.717) is 6.04 Å². The second-order valence-electron chi connectivity index (χ2n) is 8.39. The van der Waals surface area contributed by atoms with Crippen molar-refractivity contribution in [1.82, 2.24) is 24.9 Å². The first-order valence-corrected chi connectivity index (χ1v) is 11.1. The van der Waals surface area contributed by atoms with E-state index in [4.69, 9.17) is 5.10 Å². The number of fused-ring (bicyclic) bond motifs is 1. The summed E-state index contributed by atoms with van der Waals surface area (Å²) in [5, 5.41) is 8.50. The molecule has 2 fully saturated rings. The summed E-state index contributed by atoms with van der Waals surface area (Å²) in [6.45, 7) is 9.48. The van der Waals surface area contributed by atoms with Crippen molar-refractivity contribution < 1.29 is 4.79 Å². The lowest BCUT2D eigenvalue weighted by molar-refractivity contribution is 0.0785. The molecule has 0 radical (unpaired) electrons. The third-order valence-corrected chi connectivity index (χ3v) is 6.55. The minimum absolute atomic E-state index is 0.157. The van der Waals surface area contributed by atoms with Gasteiger partial charge in [0.15, 0.2) is 5.69 Å². The van der Waals surface area contributed by atoms with Crippen LogP contribution in [0.3, 0.4) is 0 Å². The first-order chi connectivity index (χ1) is 13.3. The molecular formula is C21H35N5O. The second kappa shape index (κ2) is 8.74. The number of piperidine rings is 1. The summed E-state index contributed by atoms with van der Waals surface area (Å²) >= 11 is 0. The summed E-state index contributed by atoms with van der Waals surface area (Å²) in [7, 11) is 0. The van der Waals surface area contributed by atoms with Gasteiger partial charge in [-0.2, -0.15) is 5.10 Å². The normalized spacial score (nSPS) is 23.6. The lowest BCUT2D eigenvalue weighted by Crippen LogP contribution is -2.41. The molecule has 1 N–H and O–H groups in total. The summed E-state index contributed by atoms with van der Waals surface area (Å²) in [6.07, 6.45) is 9.48. The van der Waals surface area contributed by atoms with Crippen LogP contribution >= 0.6 is 0 Å². The van der Waals surface area contributed by atoms with E-state index in [9.17, 15) is 4.79 Å². The quantitative estimate of drug-likeness (QED) is 0.829. The molecule has 0 spiro atoms. The van der Waals surface area contributed by atoms with Crippen LogP contribution < -0.4 is 5.32 Å². The topological polar surface area (TPSA) is 53.4 Å². The Balaban J connectivity index is 1.39. The maximum atomic E-state index is 13.0. The van der Waals surface area contributed by atoms with Crippen molar-refractivity contribution in [1.29, 1.82) is 0 Å². The number of nitrogens with zero attached hydrogens (tertiary/aromatic N) is 4. The van der Waals surface area contributed by atoms with E-state index in [1.807, 2.05) is 4.90 Å². The molecule has 1 atom stereocenters. The number of aromatic nitrogens is 2. The molecule has 0 bridgehead atoms. The Labute approximate surface area is 163 Å². The van der Waals surface area contributed by atoms with Gasteiger partial charge < -0.3 is 15.1 Å². The lowest BCUT2D eigenvalue weighted by Gasteiger charge is -2.29. The molecule has 1 amide bonds. The maximum absolute atomic E-state index is 13.0. The fourth-order valence-corrected chi connectivity index (χ4v) is 4.98. The van der Waals surface area contributed by atoms with E-state index in [1.54, 1.807) is 0 Å². The molecule has 6 nitrogen and oxygen atoms in total. The van der Waals surface area contributed by atoms with Crippen LogP contribution in [0.25, 0.3) is 0 Å². The number of rotatable bonds is 6. The predicted molar refractivity (Wildman–Crippen MR) is 107 cm³/mol. The number of aryl methyl sites for hydroxylation is 1. The molecule has 4 rings (SSSR count). The molecule has 1 unspecified atom stereocenters. The van der Waals surface area contributed by atoms with Crippen LogP contribution in [0.4, 0.5) is 0 Å². The van der Waals surface area contributed by atoms with Crippen LogP contribution in [-0.2, 0) is 19.4 Å². The van der Waals surface area contributed by atoms with Crippen LogP contribution in [0.5, 0.6) is 0 Å². The van der Waals surface area contributed by atoms with Gasteiger partial charge in [-0.05, 0) is 65.0 Å². The fourth-order valence-electron chi connectivity index (χ4n) is 4.98. The molecule has 27 heavy (non-hydrogen) atoms. The fraction of sp³-hybridized carbons (Fsp3) is 0.810. The highest BCUT2D eigenvalue weighted by Gasteiger charge is 2.31. The maximum Gasteiger partial charge on any atom is 0.274 e. The molecule has 2 aliphatic heterocycles. The van der Waals surface area contributed by atoms with E-state index in [2.05, 4.69) is 21.8 Å². The SMILES string of the molecule is CCn1nc(C(=O)N2CCCC2)c2c1CCC(NCCN1CCCCC1)C2. The van der Waals surface area contributed by atoms with Crippen LogP contribution in [-0.4, -0.2) is 70.8 Å². The molecular weight excluding hydrogens is 338 g/mol. The van der Waals surface area contributed by atoms with E-state index in [-0.39, 0.29) is 5.91 Å². The van der Waals surface area contributed by atoms with Gasteiger partial charge >= 0.3 is 0 Å². The zero-order valence-electron chi connectivity index (χ0n) is 16.9. The number of amides is 1. The largest absolute Gasteiger partial charge is 0.337 e. The molecule has 3 heterocycles. The first kappa shape index (κ1) is 18.9. The van der Waals surface area contributed by atoms with Gasteiger partial charge in [0.25, 0.3) is 5.91 Å². The highest BCUT2D eigenvalue weighted by molar-refractivity contribution is 5.94. The van der Waals surface area contributed by atoms with Crippen LogP contribution in [0, 0.1) is 0 Å². The summed E-state index contributed by atoms with van der Waals surface area (Å²) in [5.41, 5.74) is 3.25. The predicted octanol–water partition coefficient (Wildman–Crippen LogP) is 2.07. The smallest absolute Gasteiger partial charge is 0.274 e. The van der Waals surface area contributed by atoms with Crippen molar-refractivity contribution in [2.45, 2.75) is 70.9 Å². The van der Waals surface area contributed by atoms with Gasteiger partial charge in [0, 0.05) is 50.0 Å². The number of hydrogen-bond donors (Lipinski definition) is 1. The molecule has 1 aromatic heterocycles. The standard InChI is InChI=1S/C21H35N5O/c1-2-26-19-9-8-17(22-10-15-24-11-4-3-5-12-24)16-18(19)20(23-26)21(27)25-13-6-7-14-25/h17,22H,2-16H2,1H3. The highest BCUT2D eigenvalue weighted by atomic mass is 16.2. The summed E-state index contributed by atoms with van der Waals surface area (Å²) in [4.78, 5) is 17.6. The molecule has 2 saturated heterocycles. The van der Waals surface area contributed by atoms with Crippen molar-refractivity contribution in [3.63, 3.8) is 0 Å². The van der Waals surface area contributed by atoms with Crippen LogP contribution in [0.15, 0.2) is 0 Å². The summed E-state index contributed by atoms with van der Waals surface area (Å²) < 4.78 is 2.07. The monoisotopic (exact) mass is 373 g/mol. The lowest BCUT2D eigenvalue weighted by atomic mass is 9.91. The van der Waals surface area contributed by atoms with Gasteiger partial charge in [-0.1, -0.05) is 6.42 Å². The zero-order valence-corrected chi connectivity index (χ0v) is 16.9. The summed E-state index contributed by atoms with van der Waals surface area (Å²) in [5.74, 6) is 0.157. The average molecular weight is 374 g/mol. The number of hydrogen-bond acceptors (Lipinski definition) is 4. The Kier molecular flexibility index (Phi) is 6.13. The van der Waals surface area contributed by atoms with E-state index >= 15 is 0 Å². The Morgan fingerprint density at radius 1 is 1.11 bits per heavy atom. The second-order valence-corrected chi connectivity index (χ2v) is 8.39. The van der Waals surface area contributed by atoms with Gasteiger partial charge in [-0.15, -0.1) is 0 Å². The molecule has 150 valence electrons. The van der Waals surface area contributed by atoms with Crippen molar-refractivity contribution in [2.75, 3.05) is 39.3 Å². The Hall–Kier alpha value is -1.40. The minimum Gasteiger partial charge on any atom is -0.337 e. The molecule has 6 heteroatoms. The number of carbonyl (C=O) groups is 1. The van der Waals surface area contributed by atoms with Crippen molar-refractivity contribution in [3.8, 4) is 0 Å². The molecule has 1 aromatic rings. The van der Waals surface area contributed by atoms with E-state index in [0.717, 1.165) is 70.5 Å². The Morgan fingerprint density at radius 3 is 2.59 bits per heavy atom. The number of carbonyl (C=O) groups excluding carboxylic acids is 1. The summed E-state index contributed by atoms with van der Waals surface area (Å²) in [6, 6.07) is 0.474. The molecule has 1 aliphatic carbocycles. The number of nitrogens with one attached hydrogen (secondary N) is 1. The van der Waals surface area contributed by atoms with Crippen LogP contribution in [0.2, 0.25) is 0 Å². The van der Waals surface area contributed by atoms with Crippen molar-refractivity contribution in [2.24, 2.45) is 0 Å². The zero-order chi connectivity index (χ0) is 18.6. The third-order valence-electron chi connectivity index (χ3n) is 6.55. The Morgan fingerprint density at radius 2 is 1.85 bits per heavy atom. The van der Waals surface area contributed by atoms with Gasteiger partial charge in [-0.3, -0.25) is 9.48 Å².